The number of unbranched alkanes of at least 4 members (excludes halogenated alkanes) is 6. The number of H-pyrrole nitrogens is 1. The van der Waals surface area contributed by atoms with E-state index in [0.717, 1.165) is 61.9 Å². The zero-order valence-electron chi connectivity index (χ0n) is 24.3. The minimum absolute atomic E-state index is 0.0134. The molecule has 6 N–H and O–H groups in total. The van der Waals surface area contributed by atoms with Gasteiger partial charge in [0.05, 0.1) is 24.3 Å². The topological polar surface area (TPSA) is 144 Å². The van der Waals surface area contributed by atoms with Gasteiger partial charge in [-0.1, -0.05) is 80.6 Å². The summed E-state index contributed by atoms with van der Waals surface area (Å²) in [7, 11) is 0. The average molecular weight is 588 g/mol. The molecular weight excluding hydrogens is 546 g/mol. The fourth-order valence-electron chi connectivity index (χ4n) is 5.21. The van der Waals surface area contributed by atoms with E-state index in [0.29, 0.717) is 29.6 Å². The van der Waals surface area contributed by atoms with Gasteiger partial charge in [-0.25, -0.2) is 4.79 Å². The number of pyridine rings is 1. The first-order valence-electron chi connectivity index (χ1n) is 14.9. The summed E-state index contributed by atoms with van der Waals surface area (Å²) in [6, 6.07) is 22.8. The molecule has 9 nitrogen and oxygen atoms in total. The maximum atomic E-state index is 11.6. The number of aliphatic hydroxyl groups excluding tert-OH is 1. The number of carboxylic acid groups (broad SMARTS) is 1. The summed E-state index contributed by atoms with van der Waals surface area (Å²) in [4.78, 5) is 25.5. The molecule has 1 heterocycles. The molecular formula is C34H41N3O6. The molecule has 0 aliphatic carbocycles. The second-order valence-corrected chi connectivity index (χ2v) is 10.7. The van der Waals surface area contributed by atoms with Crippen LogP contribution in [0.5, 0.6) is 11.5 Å². The number of hydrogen-bond acceptors (Lipinski definition) is 6. The van der Waals surface area contributed by atoms with Crippen molar-refractivity contribution in [3.8, 4) is 11.5 Å². The molecule has 0 saturated heterocycles. The smallest absolute Gasteiger partial charge is 0.405 e. The average Bonchev–Trinajstić information content (AvgIpc) is 3.01. The molecule has 43 heavy (non-hydrogen) atoms. The van der Waals surface area contributed by atoms with Gasteiger partial charge in [0.15, 0.2) is 0 Å². The van der Waals surface area contributed by atoms with Crippen LogP contribution in [0.25, 0.3) is 10.9 Å². The number of hydrogen-bond donors (Lipinski definition) is 6. The van der Waals surface area contributed by atoms with Crippen LogP contribution < -0.4 is 20.9 Å². The monoisotopic (exact) mass is 587 g/mol. The number of phenolic OH excluding ortho intramolecular Hbond substituents is 1. The van der Waals surface area contributed by atoms with E-state index in [-0.39, 0.29) is 11.3 Å². The van der Waals surface area contributed by atoms with Crippen LogP contribution in [0.1, 0.15) is 73.8 Å². The molecule has 3 aromatic carbocycles. The first kappa shape index (κ1) is 31.6. The van der Waals surface area contributed by atoms with Gasteiger partial charge >= 0.3 is 6.09 Å². The first-order valence-corrected chi connectivity index (χ1v) is 14.9. The van der Waals surface area contributed by atoms with Crippen LogP contribution in [-0.2, 0) is 0 Å². The summed E-state index contributed by atoms with van der Waals surface area (Å²) in [5.74, 6) is 0.762. The summed E-state index contributed by atoms with van der Waals surface area (Å²) in [5, 5.41) is 36.4. The maximum absolute atomic E-state index is 11.6. The van der Waals surface area contributed by atoms with Crippen LogP contribution in [0.2, 0.25) is 0 Å². The van der Waals surface area contributed by atoms with Gasteiger partial charge < -0.3 is 35.7 Å². The third-order valence-corrected chi connectivity index (χ3v) is 7.48. The summed E-state index contributed by atoms with van der Waals surface area (Å²) in [6.45, 7) is 1.86. The van der Waals surface area contributed by atoms with Gasteiger partial charge in [-0.2, -0.15) is 0 Å². The van der Waals surface area contributed by atoms with Crippen molar-refractivity contribution in [2.24, 2.45) is 0 Å². The predicted octanol–water partition coefficient (Wildman–Crippen LogP) is 6.02. The van der Waals surface area contributed by atoms with Gasteiger partial charge in [0.1, 0.15) is 11.5 Å². The Morgan fingerprint density at radius 3 is 2.21 bits per heavy atom. The van der Waals surface area contributed by atoms with Crippen LogP contribution in [0.3, 0.4) is 0 Å². The molecule has 4 aromatic rings. The fraction of sp³-hybridized carbons (Fsp3) is 0.353. The lowest BCUT2D eigenvalue weighted by atomic mass is 9.99. The second kappa shape index (κ2) is 16.3. The van der Waals surface area contributed by atoms with Crippen molar-refractivity contribution >= 4 is 17.0 Å². The quantitative estimate of drug-likeness (QED) is 0.0829. The van der Waals surface area contributed by atoms with Crippen molar-refractivity contribution < 1.29 is 24.9 Å². The largest absolute Gasteiger partial charge is 0.506 e. The molecule has 0 radical (unpaired) electrons. The number of aliphatic hydroxyl groups is 1. The summed E-state index contributed by atoms with van der Waals surface area (Å²) >= 11 is 0. The Labute approximate surface area is 251 Å². The normalized spacial score (nSPS) is 12.6. The van der Waals surface area contributed by atoms with Crippen molar-refractivity contribution in [2.45, 2.75) is 57.1 Å². The molecule has 0 aliphatic heterocycles. The van der Waals surface area contributed by atoms with Gasteiger partial charge in [0.2, 0.25) is 5.56 Å². The van der Waals surface area contributed by atoms with Gasteiger partial charge in [-0.05, 0) is 60.3 Å². The third kappa shape index (κ3) is 9.59. The van der Waals surface area contributed by atoms with Crippen LogP contribution >= 0.6 is 0 Å². The van der Waals surface area contributed by atoms with E-state index >= 15 is 0 Å². The summed E-state index contributed by atoms with van der Waals surface area (Å²) < 4.78 is 5.89. The Bertz CT molecular complexity index is 1490. The number of rotatable bonds is 17. The van der Waals surface area contributed by atoms with Gasteiger partial charge in [0, 0.05) is 18.0 Å². The Hall–Kier alpha value is -4.34. The van der Waals surface area contributed by atoms with Crippen LogP contribution in [0.15, 0.2) is 83.7 Å². The molecule has 2 atom stereocenters. The molecule has 0 aliphatic rings. The number of fused-ring (bicyclic) bond motifs is 1. The lowest BCUT2D eigenvalue weighted by Gasteiger charge is -2.18. The molecule has 2 unspecified atom stereocenters. The Morgan fingerprint density at radius 2 is 1.49 bits per heavy atom. The van der Waals surface area contributed by atoms with Gasteiger partial charge in [0.25, 0.3) is 0 Å². The van der Waals surface area contributed by atoms with E-state index in [1.165, 1.54) is 18.6 Å². The van der Waals surface area contributed by atoms with Crippen molar-refractivity contribution in [1.29, 1.82) is 0 Å². The summed E-state index contributed by atoms with van der Waals surface area (Å²) in [5.41, 5.74) is 2.46. The SMILES string of the molecule is O=C(O)NC(c1ccccc1)c1ccc(OCCCCCCCCCNCC(O)c2ccc(O)c3[nH]c(=O)ccc23)cc1. The fourth-order valence-corrected chi connectivity index (χ4v) is 5.21. The van der Waals surface area contributed by atoms with Crippen LogP contribution in [-0.4, -0.2) is 46.1 Å². The number of aromatic nitrogens is 1. The number of nitrogens with one attached hydrogen (secondary N) is 3. The number of benzene rings is 3. The molecule has 1 amide bonds. The molecule has 0 saturated carbocycles. The molecule has 1 aromatic heterocycles. The van der Waals surface area contributed by atoms with E-state index in [1.54, 1.807) is 12.1 Å². The number of carbonyl (C=O) groups is 1. The molecule has 0 bridgehead atoms. The molecule has 4 rings (SSSR count). The number of ether oxygens (including phenoxy) is 1. The van der Waals surface area contributed by atoms with Crippen LogP contribution in [0.4, 0.5) is 4.79 Å². The number of aromatic hydroxyl groups is 1. The predicted molar refractivity (Wildman–Crippen MR) is 168 cm³/mol. The highest BCUT2D eigenvalue weighted by molar-refractivity contribution is 5.87. The van der Waals surface area contributed by atoms with E-state index in [1.807, 2.05) is 54.6 Å². The lowest BCUT2D eigenvalue weighted by molar-refractivity contribution is 0.176. The molecule has 0 fully saturated rings. The van der Waals surface area contributed by atoms with E-state index < -0.39 is 18.2 Å². The van der Waals surface area contributed by atoms with E-state index in [2.05, 4.69) is 15.6 Å². The Balaban J connectivity index is 1.05. The zero-order chi connectivity index (χ0) is 30.4. The standard InChI is InChI=1S/C34H41N3O6/c38-29-19-17-27(28-18-20-31(40)36-33(28)29)30(39)23-35-21-9-4-2-1-3-5-10-22-43-26-15-13-25(14-16-26)32(37-34(41)42)24-11-7-6-8-12-24/h6-8,11-20,30,32,35,37-39H,1-5,9-10,21-23H2,(H,36,40)(H,41,42). The number of aromatic amines is 1. The number of amides is 1. The minimum atomic E-state index is -1.07. The number of phenols is 1. The van der Waals surface area contributed by atoms with Crippen molar-refractivity contribution in [3.05, 3.63) is 106 Å². The van der Waals surface area contributed by atoms with Crippen molar-refractivity contribution in [2.75, 3.05) is 19.7 Å². The van der Waals surface area contributed by atoms with E-state index in [4.69, 9.17) is 4.74 Å². The Morgan fingerprint density at radius 1 is 0.814 bits per heavy atom. The minimum Gasteiger partial charge on any atom is -0.506 e. The van der Waals surface area contributed by atoms with Gasteiger partial charge in [-0.15, -0.1) is 0 Å². The lowest BCUT2D eigenvalue weighted by Crippen LogP contribution is -2.27. The molecule has 9 heteroatoms. The zero-order valence-corrected chi connectivity index (χ0v) is 24.3. The first-order chi connectivity index (χ1) is 20.9. The highest BCUT2D eigenvalue weighted by atomic mass is 16.5. The third-order valence-electron chi connectivity index (χ3n) is 7.48. The van der Waals surface area contributed by atoms with E-state index in [9.17, 15) is 24.9 Å². The molecule has 228 valence electrons. The second-order valence-electron chi connectivity index (χ2n) is 10.7. The van der Waals surface area contributed by atoms with Gasteiger partial charge in [-0.3, -0.25) is 4.79 Å². The maximum Gasteiger partial charge on any atom is 0.405 e. The Kier molecular flexibility index (Phi) is 12.0. The van der Waals surface area contributed by atoms with Crippen molar-refractivity contribution in [3.63, 3.8) is 0 Å². The highest BCUT2D eigenvalue weighted by Gasteiger charge is 2.16. The van der Waals surface area contributed by atoms with Crippen LogP contribution in [0, 0.1) is 0 Å². The summed E-state index contributed by atoms with van der Waals surface area (Å²) in [6.07, 6.45) is 5.92. The highest BCUT2D eigenvalue weighted by Crippen LogP contribution is 2.28. The van der Waals surface area contributed by atoms with Crippen molar-refractivity contribution in [1.82, 2.24) is 15.6 Å². The molecule has 0 spiro atoms.